The summed E-state index contributed by atoms with van der Waals surface area (Å²) in [6, 6.07) is 50.1. The largest absolute Gasteiger partial charge is 0.481 e. The number of fused-ring (bicyclic) bond motifs is 5. The van der Waals surface area contributed by atoms with Crippen LogP contribution in [0.4, 0.5) is 0 Å². The fraction of sp³-hybridized carbons (Fsp3) is 0.537. The molecule has 0 atom stereocenters. The number of carbonyl (C=O) groups is 10. The molecule has 0 fully saturated rings. The Balaban J connectivity index is 0.000000248. The number of unbranched alkanes of at least 4 members (excludes halogenated alkanes) is 26. The number of hydrogen-bond donors (Lipinski definition) is 5. The summed E-state index contributed by atoms with van der Waals surface area (Å²) in [4.78, 5) is 117. The van der Waals surface area contributed by atoms with E-state index >= 15 is 0 Å². The summed E-state index contributed by atoms with van der Waals surface area (Å²) >= 11 is 0. The molecule has 5 N–H and O–H groups in total. The van der Waals surface area contributed by atoms with E-state index < -0.39 is 35.3 Å². The zero-order valence-electron chi connectivity index (χ0n) is 78.3. The number of aliphatic carboxylic acids is 5. The highest BCUT2D eigenvalue weighted by Crippen LogP contribution is 2.32. The van der Waals surface area contributed by atoms with Crippen molar-refractivity contribution in [1.29, 1.82) is 0 Å². The normalized spacial score (nSPS) is 11.2. The molecule has 0 aliphatic rings. The summed E-state index contributed by atoms with van der Waals surface area (Å²) in [6.45, 7) is 14.7. The van der Waals surface area contributed by atoms with Gasteiger partial charge >= 0.3 is 29.8 Å². The second-order valence-electron chi connectivity index (χ2n) is 35.5. The number of rotatable bonds is 56. The van der Waals surface area contributed by atoms with Gasteiger partial charge < -0.3 is 25.5 Å². The number of para-hydroxylation sites is 5. The van der Waals surface area contributed by atoms with Crippen LogP contribution in [-0.2, 0) is 56.1 Å². The first-order valence-corrected chi connectivity index (χ1v) is 48.6. The number of benzene rings is 5. The van der Waals surface area contributed by atoms with Crippen molar-refractivity contribution < 1.29 is 73.5 Å². The van der Waals surface area contributed by atoms with Crippen LogP contribution < -0.4 is 0 Å². The maximum absolute atomic E-state index is 13.2. The molecular formula is C108H151N5O15. The molecule has 10 rings (SSSR count). The summed E-state index contributed by atoms with van der Waals surface area (Å²) in [7, 11) is 0. The van der Waals surface area contributed by atoms with Gasteiger partial charge in [-0.25, -0.2) is 0 Å². The number of aryl methyl sites for hydroxylation is 5. The smallest absolute Gasteiger partial charge is 0.303 e. The summed E-state index contributed by atoms with van der Waals surface area (Å²) in [6.07, 6.45) is 46.0. The minimum absolute atomic E-state index is 0.000934. The topological polar surface area (TPSA) is 296 Å². The average molecular weight is 1760 g/mol. The van der Waals surface area contributed by atoms with Gasteiger partial charge in [-0.2, -0.15) is 0 Å². The first-order chi connectivity index (χ1) is 61.9. The third-order valence-electron chi connectivity index (χ3n) is 23.7. The Morgan fingerprint density at radius 1 is 0.219 bits per heavy atom. The van der Waals surface area contributed by atoms with Crippen molar-refractivity contribution in [3.8, 4) is 0 Å². The van der Waals surface area contributed by atoms with Crippen LogP contribution in [0.3, 0.4) is 0 Å². The fourth-order valence-electron chi connectivity index (χ4n) is 17.0. The van der Waals surface area contributed by atoms with Crippen molar-refractivity contribution in [2.45, 2.75) is 370 Å². The number of aromatic nitrogens is 5. The quantitative estimate of drug-likeness (QED) is 0.0221. The molecule has 0 saturated carbocycles. The Morgan fingerprint density at radius 2 is 0.406 bits per heavy atom. The summed E-state index contributed by atoms with van der Waals surface area (Å²) < 4.78 is 9.04. The van der Waals surface area contributed by atoms with Gasteiger partial charge in [0.1, 0.15) is 0 Å². The van der Waals surface area contributed by atoms with E-state index in [9.17, 15) is 47.9 Å². The van der Waals surface area contributed by atoms with Crippen molar-refractivity contribution in [2.24, 2.45) is 5.41 Å². The van der Waals surface area contributed by atoms with E-state index in [1.165, 1.54) is 161 Å². The first kappa shape index (κ1) is 106. The molecule has 0 aliphatic heterocycles. The van der Waals surface area contributed by atoms with Crippen LogP contribution in [0, 0.1) is 5.41 Å². The van der Waals surface area contributed by atoms with Crippen LogP contribution in [0.25, 0.3) is 54.5 Å². The zero-order valence-corrected chi connectivity index (χ0v) is 78.3. The predicted molar refractivity (Wildman–Crippen MR) is 519 cm³/mol. The lowest BCUT2D eigenvalue weighted by Gasteiger charge is -2.22. The molecule has 5 heterocycles. The van der Waals surface area contributed by atoms with Crippen LogP contribution in [0.5, 0.6) is 0 Å². The van der Waals surface area contributed by atoms with E-state index in [-0.39, 0.29) is 93.7 Å². The minimum Gasteiger partial charge on any atom is -0.481 e. The van der Waals surface area contributed by atoms with Gasteiger partial charge in [-0.05, 0) is 156 Å². The van der Waals surface area contributed by atoms with E-state index in [2.05, 4.69) is 65.0 Å². The van der Waals surface area contributed by atoms with Gasteiger partial charge in [0.2, 0.25) is 29.5 Å². The molecule has 0 aliphatic carbocycles. The molecule has 10 aromatic rings. The van der Waals surface area contributed by atoms with Crippen LogP contribution in [-0.4, -0.2) is 108 Å². The molecule has 0 bridgehead atoms. The van der Waals surface area contributed by atoms with Gasteiger partial charge in [0.15, 0.2) is 0 Å². The molecule has 5 aromatic heterocycles. The fourth-order valence-corrected chi connectivity index (χ4v) is 17.0. The molecule has 128 heavy (non-hydrogen) atoms. The summed E-state index contributed by atoms with van der Waals surface area (Å²) in [5, 5.41) is 49.5. The lowest BCUT2D eigenvalue weighted by atomic mass is 9.85. The van der Waals surface area contributed by atoms with Gasteiger partial charge in [0, 0.05) is 113 Å². The molecule has 20 heteroatoms. The molecular weight excluding hydrogens is 1610 g/mol. The molecule has 698 valence electrons. The van der Waals surface area contributed by atoms with Crippen molar-refractivity contribution in [3.63, 3.8) is 0 Å². The van der Waals surface area contributed by atoms with E-state index in [1.54, 1.807) is 9.13 Å². The van der Waals surface area contributed by atoms with Gasteiger partial charge in [-0.1, -0.05) is 306 Å². The minimum atomic E-state index is -0.861. The lowest BCUT2D eigenvalue weighted by Crippen LogP contribution is -2.25. The number of nitrogens with zero attached hydrogens (tertiary/aromatic N) is 5. The summed E-state index contributed by atoms with van der Waals surface area (Å²) in [5.74, 6) is -4.27. The van der Waals surface area contributed by atoms with Crippen LogP contribution in [0.15, 0.2) is 152 Å². The highest BCUT2D eigenvalue weighted by Gasteiger charge is 2.28. The highest BCUT2D eigenvalue weighted by molar-refractivity contribution is 5.98. The van der Waals surface area contributed by atoms with E-state index in [0.717, 1.165) is 154 Å². The van der Waals surface area contributed by atoms with Crippen LogP contribution in [0.2, 0.25) is 0 Å². The number of carboxylic acid groups (broad SMARTS) is 5. The van der Waals surface area contributed by atoms with Gasteiger partial charge in [0.05, 0.1) is 34.0 Å². The third-order valence-corrected chi connectivity index (χ3v) is 23.7. The van der Waals surface area contributed by atoms with E-state index in [1.807, 2.05) is 149 Å². The van der Waals surface area contributed by atoms with Crippen molar-refractivity contribution in [2.75, 3.05) is 0 Å². The monoisotopic (exact) mass is 1760 g/mol. The Kier molecular flexibility index (Phi) is 50.1. The van der Waals surface area contributed by atoms with Crippen molar-refractivity contribution in [1.82, 2.24) is 22.8 Å². The second-order valence-corrected chi connectivity index (χ2v) is 35.5. The van der Waals surface area contributed by atoms with Crippen molar-refractivity contribution >= 4 is 114 Å². The maximum atomic E-state index is 13.2. The number of carboxylic acids is 5. The third kappa shape index (κ3) is 38.0. The maximum Gasteiger partial charge on any atom is 0.303 e. The molecule has 0 unspecified atom stereocenters. The molecule has 0 radical (unpaired) electrons. The van der Waals surface area contributed by atoms with E-state index in [0.29, 0.717) is 25.7 Å². The van der Waals surface area contributed by atoms with Gasteiger partial charge in [-0.15, -0.1) is 0 Å². The first-order valence-electron chi connectivity index (χ1n) is 48.6. The van der Waals surface area contributed by atoms with Gasteiger partial charge in [0.25, 0.3) is 0 Å². The molecule has 0 spiro atoms. The van der Waals surface area contributed by atoms with E-state index in [4.69, 9.17) is 25.5 Å². The average Bonchev–Trinajstić information content (AvgIpc) is 1.66. The summed E-state index contributed by atoms with van der Waals surface area (Å²) in [5.41, 5.74) is 9.33. The molecule has 5 aromatic carbocycles. The molecule has 20 nitrogen and oxygen atoms in total. The molecule has 0 amide bonds. The van der Waals surface area contributed by atoms with Crippen LogP contribution in [0.1, 0.15) is 390 Å². The van der Waals surface area contributed by atoms with Crippen molar-refractivity contribution in [3.05, 3.63) is 180 Å². The second kappa shape index (κ2) is 60.3. The zero-order chi connectivity index (χ0) is 92.9. The number of carbonyl (C=O) groups excluding carboxylic acids is 5. The Hall–Kier alpha value is -10.5. The SMILES string of the molecule is CCCCCCCCCCCc1cc2ccccc2n1C(=O)CC(C)(C)CC(=O)O.CCCCCCCCCCCc1cc2ccccc2n1C(=O)CCCC(=O)O.CCCCCCCCc1cc2ccccc2n1C(=O)CCCC(=O)O.CCCCCCCc1cc2ccccc2n1C(=O)CCCC(=O)O.CCCCc1cc2ccccc2n1C(=O)CCCC(=O)O. The predicted octanol–water partition coefficient (Wildman–Crippen LogP) is 28.2. The molecule has 0 saturated heterocycles. The Labute approximate surface area is 761 Å². The Morgan fingerprint density at radius 3 is 0.609 bits per heavy atom. The van der Waals surface area contributed by atoms with Crippen LogP contribution >= 0.6 is 0 Å². The standard InChI is InChI=1S/C26H39NO3.C24H35NO3.C21H29NO3.C20H27NO3.C17H21NO3/c1-4-5-6-7-8-9-10-11-12-16-22-18-21-15-13-14-17-23(21)27(22)24(28)19-26(2,3)20-25(29)30;1-2-3-4-5-6-7-8-9-10-15-21-19-20-14-11-12-16-22(20)25(21)23(26)17-13-18-24(27)28;1-2-3-4-5-6-7-12-18-16-17-11-8-9-13-19(17)22(18)20(23)14-10-15-21(24)25;1-2-3-4-5-6-11-17-15-16-10-7-8-12-18(16)21(17)19(22)13-9-14-20(23)24;1-2-3-8-14-12-13-7-4-5-9-15(13)18(14)16(19)10-6-11-17(20)21/h13-15,17-18H,4-12,16,19-20H2,1-3H3,(H,29,30);11-12,14,16,19H,2-10,13,15,17-18H2,1H3,(H,27,28);8-9,11,13,16H,2-7,10,12,14-15H2,1H3,(H,24,25);7-8,10,12,15H,2-6,9,11,13-14H2,1H3,(H,23,24);4-5,7,9,12H,2-3,6,8,10-11H2,1H3,(H,20,21). The number of hydrogen-bond acceptors (Lipinski definition) is 10. The lowest BCUT2D eigenvalue weighted by molar-refractivity contribution is -0.140. The Bertz CT molecular complexity index is 5040. The van der Waals surface area contributed by atoms with Gasteiger partial charge in [-0.3, -0.25) is 70.8 Å². The highest BCUT2D eigenvalue weighted by atomic mass is 16.4.